The third-order valence-corrected chi connectivity index (χ3v) is 10.1. The first-order valence-corrected chi connectivity index (χ1v) is 18.1. The number of fused-ring (bicyclic) bond motifs is 1. The molecule has 1 amide bonds. The Morgan fingerprint density at radius 1 is 0.960 bits per heavy atom. The number of aromatic nitrogens is 2. The fourth-order valence-corrected chi connectivity index (χ4v) is 6.97. The molecule has 0 radical (unpaired) electrons. The fraction of sp³-hybridized carbons (Fsp3) is 0.258. The second-order valence-corrected chi connectivity index (χ2v) is 14.3. The Morgan fingerprint density at radius 2 is 1.66 bits per heavy atom. The van der Waals surface area contributed by atoms with E-state index in [9.17, 15) is 36.0 Å². The summed E-state index contributed by atoms with van der Waals surface area (Å²) in [5.41, 5.74) is 0.0515. The van der Waals surface area contributed by atoms with Crippen molar-refractivity contribution in [1.82, 2.24) is 19.6 Å². The molecule has 4 aromatic rings. The number of carbonyl (C=O) groups is 3. The van der Waals surface area contributed by atoms with Crippen molar-refractivity contribution in [2.45, 2.75) is 37.2 Å². The number of hydrogen-bond donors (Lipinski definition) is 3. The normalized spacial score (nSPS) is 11.6. The molecule has 0 saturated carbocycles. The van der Waals surface area contributed by atoms with Crippen LogP contribution in [0, 0.1) is 13.8 Å². The van der Waals surface area contributed by atoms with E-state index in [0.29, 0.717) is 5.56 Å². The predicted octanol–water partition coefficient (Wildman–Crippen LogP) is 2.47. The van der Waals surface area contributed by atoms with Crippen LogP contribution in [0.5, 0.6) is 0 Å². The molecule has 4 rings (SSSR count). The Morgan fingerprint density at radius 3 is 2.32 bits per heavy atom. The first kappa shape index (κ1) is 37.9. The molecular weight excluding hydrogens is 718 g/mol. The Bertz CT molecular complexity index is 2290. The summed E-state index contributed by atoms with van der Waals surface area (Å²) in [6, 6.07) is 10.5. The number of nitrogens with zero attached hydrogens (tertiary/aromatic N) is 2. The van der Waals surface area contributed by atoms with Crippen molar-refractivity contribution < 1.29 is 45.4 Å². The molecule has 0 saturated heterocycles. The third kappa shape index (κ3) is 8.11. The van der Waals surface area contributed by atoms with Crippen LogP contribution in [0.15, 0.2) is 63.1 Å². The minimum Gasteiger partial charge on any atom is -0.462 e. The van der Waals surface area contributed by atoms with Crippen LogP contribution in [0.1, 0.15) is 44.6 Å². The average Bonchev–Trinajstić information content (AvgIpc) is 3.05. The molecule has 0 unspecified atom stereocenters. The van der Waals surface area contributed by atoms with Gasteiger partial charge in [0.2, 0.25) is 20.0 Å². The summed E-state index contributed by atoms with van der Waals surface area (Å²) in [6.45, 7) is 3.72. The van der Waals surface area contributed by atoms with Crippen LogP contribution >= 0.6 is 11.6 Å². The van der Waals surface area contributed by atoms with Gasteiger partial charge in [-0.15, -0.1) is 0 Å². The second kappa shape index (κ2) is 15.3. The van der Waals surface area contributed by atoms with E-state index in [1.807, 2.05) is 0 Å². The maximum absolute atomic E-state index is 14.2. The van der Waals surface area contributed by atoms with Crippen molar-refractivity contribution in [2.75, 3.05) is 26.8 Å². The van der Waals surface area contributed by atoms with Crippen LogP contribution in [0.4, 0.5) is 4.79 Å². The quantitative estimate of drug-likeness (QED) is 0.108. The molecule has 0 aliphatic carbocycles. The Kier molecular flexibility index (Phi) is 11.6. The Balaban J connectivity index is 1.62. The molecule has 0 aliphatic rings. The van der Waals surface area contributed by atoms with Crippen molar-refractivity contribution in [3.8, 4) is 5.69 Å². The van der Waals surface area contributed by atoms with Crippen molar-refractivity contribution >= 4 is 60.6 Å². The van der Waals surface area contributed by atoms with Gasteiger partial charge in [0.05, 0.1) is 45.9 Å². The number of nitrogens with two attached hydrogens (primary N) is 1. The number of alkyl carbamates (subject to hydrolysis) is 1. The Hall–Kier alpha value is -4.88. The van der Waals surface area contributed by atoms with Gasteiger partial charge >= 0.3 is 18.0 Å². The van der Waals surface area contributed by atoms with Gasteiger partial charge in [0.15, 0.2) is 12.4 Å². The zero-order valence-corrected chi connectivity index (χ0v) is 29.5. The lowest BCUT2D eigenvalue weighted by Gasteiger charge is -2.19. The molecule has 50 heavy (non-hydrogen) atoms. The van der Waals surface area contributed by atoms with E-state index < -0.39 is 55.1 Å². The number of aryl methyl sites for hydroxylation is 2. The minimum atomic E-state index is -4.21. The molecule has 3 aromatic carbocycles. The van der Waals surface area contributed by atoms with Crippen LogP contribution in [0.3, 0.4) is 0 Å². The molecule has 0 aliphatic heterocycles. The van der Waals surface area contributed by atoms with E-state index >= 15 is 0 Å². The first-order valence-electron chi connectivity index (χ1n) is 14.7. The lowest BCUT2D eigenvalue weighted by atomic mass is 9.98. The van der Waals surface area contributed by atoms with Crippen molar-refractivity contribution in [1.29, 1.82) is 0 Å². The van der Waals surface area contributed by atoms with Gasteiger partial charge in [0, 0.05) is 0 Å². The van der Waals surface area contributed by atoms with Crippen LogP contribution in [0.25, 0.3) is 16.6 Å². The zero-order chi connectivity index (χ0) is 37.0. The van der Waals surface area contributed by atoms with Gasteiger partial charge in [0.1, 0.15) is 16.4 Å². The highest BCUT2D eigenvalue weighted by molar-refractivity contribution is 7.89. The summed E-state index contributed by atoms with van der Waals surface area (Å²) in [6.07, 6.45) is -1.01. The molecule has 16 nitrogen and oxygen atoms in total. The van der Waals surface area contributed by atoms with Crippen LogP contribution < -0.4 is 20.7 Å². The highest BCUT2D eigenvalue weighted by atomic mass is 35.5. The Labute approximate surface area is 291 Å². The number of halogens is 1. The molecule has 1 aromatic heterocycles. The van der Waals surface area contributed by atoms with Crippen molar-refractivity contribution in [3.63, 3.8) is 0 Å². The smallest absolute Gasteiger partial charge is 0.407 e. The monoisotopic (exact) mass is 749 g/mol. The van der Waals surface area contributed by atoms with E-state index in [-0.39, 0.29) is 68.8 Å². The lowest BCUT2D eigenvalue weighted by molar-refractivity contribution is 0.0500. The number of sulfonamides is 2. The van der Waals surface area contributed by atoms with Gasteiger partial charge in [-0.1, -0.05) is 23.7 Å². The van der Waals surface area contributed by atoms with Gasteiger partial charge in [0.25, 0.3) is 5.56 Å². The van der Waals surface area contributed by atoms with Gasteiger partial charge in [-0.25, -0.2) is 46.1 Å². The largest absolute Gasteiger partial charge is 0.462 e. The fourth-order valence-electron chi connectivity index (χ4n) is 4.99. The third-order valence-electron chi connectivity index (χ3n) is 7.23. The first-order chi connectivity index (χ1) is 23.5. The molecule has 1 heterocycles. The number of rotatable bonds is 12. The summed E-state index contributed by atoms with van der Waals surface area (Å²) in [7, 11) is -7.11. The maximum Gasteiger partial charge on any atom is 0.407 e. The van der Waals surface area contributed by atoms with Gasteiger partial charge < -0.3 is 19.5 Å². The van der Waals surface area contributed by atoms with Gasteiger partial charge in [-0.05, 0) is 75.3 Å². The number of hydrogen-bond acceptors (Lipinski definition) is 12. The number of benzene rings is 3. The van der Waals surface area contributed by atoms with Crippen molar-refractivity contribution in [2.24, 2.45) is 5.14 Å². The molecule has 0 fully saturated rings. The molecule has 4 N–H and O–H groups in total. The standard InChI is InChI=1S/C31H32ClN5O11S2/c1-5-46-30(40)26-17(2)14-21-27(18(26)3)28(38)37(22-8-6-7-9-23(22)50(44,45)34-4)25(36-21)16-48-31(41)35-12-13-47-29(39)19-10-11-20(32)24(15-19)49(33,42)43/h6-11,14-15,34H,5,12-13,16H2,1-4H3,(H,35,41)(H2,33,42,43). The maximum atomic E-state index is 14.2. The highest BCUT2D eigenvalue weighted by Crippen LogP contribution is 2.26. The molecule has 19 heteroatoms. The van der Waals surface area contributed by atoms with E-state index in [0.717, 1.165) is 10.6 Å². The van der Waals surface area contributed by atoms with E-state index in [1.165, 1.54) is 49.5 Å². The minimum absolute atomic E-state index is 0.0159. The number of amides is 1. The van der Waals surface area contributed by atoms with Crippen molar-refractivity contribution in [3.05, 3.63) is 92.0 Å². The predicted molar refractivity (Wildman–Crippen MR) is 180 cm³/mol. The highest BCUT2D eigenvalue weighted by Gasteiger charge is 2.25. The van der Waals surface area contributed by atoms with E-state index in [1.54, 1.807) is 20.8 Å². The van der Waals surface area contributed by atoms with Crippen LogP contribution in [0.2, 0.25) is 5.02 Å². The number of primary sulfonamides is 1. The summed E-state index contributed by atoms with van der Waals surface area (Å²) in [4.78, 5) is 55.8. The molecule has 266 valence electrons. The van der Waals surface area contributed by atoms with E-state index in [2.05, 4.69) is 15.0 Å². The number of carbonyl (C=O) groups excluding carboxylic acids is 3. The number of esters is 2. The number of para-hydroxylation sites is 1. The molecular formula is C31H32ClN5O11S2. The summed E-state index contributed by atoms with van der Waals surface area (Å²) >= 11 is 5.84. The number of ether oxygens (including phenoxy) is 3. The van der Waals surface area contributed by atoms with E-state index in [4.69, 9.17) is 31.0 Å². The van der Waals surface area contributed by atoms with Gasteiger partial charge in [-0.2, -0.15) is 0 Å². The second-order valence-electron chi connectivity index (χ2n) is 10.5. The summed E-state index contributed by atoms with van der Waals surface area (Å²) < 4.78 is 68.0. The topological polar surface area (TPSA) is 232 Å². The van der Waals surface area contributed by atoms with Gasteiger partial charge in [-0.3, -0.25) is 9.36 Å². The molecule has 0 bridgehead atoms. The summed E-state index contributed by atoms with van der Waals surface area (Å²) in [5, 5.41) is 7.30. The zero-order valence-electron chi connectivity index (χ0n) is 27.1. The van der Waals surface area contributed by atoms with Crippen LogP contribution in [-0.2, 0) is 40.9 Å². The summed E-state index contributed by atoms with van der Waals surface area (Å²) in [5.74, 6) is -1.72. The number of nitrogens with one attached hydrogen (secondary N) is 2. The van der Waals surface area contributed by atoms with Crippen LogP contribution in [-0.4, -0.2) is 71.2 Å². The molecule has 0 atom stereocenters. The average molecular weight is 750 g/mol. The lowest BCUT2D eigenvalue weighted by Crippen LogP contribution is -2.31. The SMILES string of the molecule is CCOC(=O)c1c(C)cc2nc(COC(=O)NCCOC(=O)c3ccc(Cl)c(S(N)(=O)=O)c3)n(-c3ccccc3S(=O)(=O)NC)c(=O)c2c1C. The molecule has 0 spiro atoms.